The Kier molecular flexibility index (Phi) is 4.48. The number of benzene rings is 1. The molecule has 0 bridgehead atoms. The van der Waals surface area contributed by atoms with E-state index < -0.39 is 5.97 Å². The Balaban J connectivity index is 1.46. The van der Waals surface area contributed by atoms with E-state index in [1.165, 1.54) is 22.2 Å². The van der Waals surface area contributed by atoms with E-state index >= 15 is 0 Å². The van der Waals surface area contributed by atoms with Crippen LogP contribution < -0.4 is 5.73 Å². The van der Waals surface area contributed by atoms with E-state index in [1.54, 1.807) is 6.07 Å². The van der Waals surface area contributed by atoms with Crippen LogP contribution in [-0.4, -0.2) is 55.0 Å². The topological polar surface area (TPSA) is 127 Å². The highest BCUT2D eigenvalue weighted by atomic mass is 32.1. The van der Waals surface area contributed by atoms with Crippen molar-refractivity contribution in [1.82, 2.24) is 24.9 Å². The van der Waals surface area contributed by atoms with Gasteiger partial charge < -0.3 is 15.7 Å². The number of carbonyl (C=O) groups excluding carboxylic acids is 1. The van der Waals surface area contributed by atoms with E-state index in [-0.39, 0.29) is 17.5 Å². The number of piperidine rings is 1. The first-order chi connectivity index (χ1) is 13.0. The highest BCUT2D eigenvalue weighted by molar-refractivity contribution is 7.22. The van der Waals surface area contributed by atoms with Crippen LogP contribution in [0.2, 0.25) is 0 Å². The number of nitrogens with two attached hydrogens (primary N) is 1. The second-order valence-electron chi connectivity index (χ2n) is 6.63. The summed E-state index contributed by atoms with van der Waals surface area (Å²) in [5.41, 5.74) is 7.00. The molecule has 0 radical (unpaired) electrons. The van der Waals surface area contributed by atoms with Gasteiger partial charge in [-0.1, -0.05) is 16.6 Å². The molecule has 0 spiro atoms. The van der Waals surface area contributed by atoms with Gasteiger partial charge >= 0.3 is 5.97 Å². The van der Waals surface area contributed by atoms with Gasteiger partial charge in [-0.2, -0.15) is 0 Å². The fourth-order valence-electron chi connectivity index (χ4n) is 3.41. The van der Waals surface area contributed by atoms with E-state index in [0.29, 0.717) is 30.3 Å². The lowest BCUT2D eigenvalue weighted by molar-refractivity contribution is 0.0658. The van der Waals surface area contributed by atoms with Gasteiger partial charge in [0.25, 0.3) is 5.91 Å². The Bertz CT molecular complexity index is 1010. The number of carboxylic acid groups (broad SMARTS) is 1. The van der Waals surface area contributed by atoms with Gasteiger partial charge in [0.1, 0.15) is 0 Å². The molecule has 0 saturated carbocycles. The molecule has 1 atom stereocenters. The number of anilines is 1. The molecule has 140 valence electrons. The first-order valence-electron chi connectivity index (χ1n) is 8.58. The number of rotatable bonds is 4. The van der Waals surface area contributed by atoms with E-state index in [4.69, 9.17) is 10.8 Å². The molecule has 3 heterocycles. The summed E-state index contributed by atoms with van der Waals surface area (Å²) in [7, 11) is 0. The van der Waals surface area contributed by atoms with Crippen LogP contribution in [0.3, 0.4) is 0 Å². The number of amides is 1. The van der Waals surface area contributed by atoms with E-state index in [9.17, 15) is 9.59 Å². The van der Waals surface area contributed by atoms with Crippen molar-refractivity contribution >= 4 is 38.6 Å². The summed E-state index contributed by atoms with van der Waals surface area (Å²) in [4.78, 5) is 29.9. The first kappa shape index (κ1) is 17.4. The maximum atomic E-state index is 12.9. The molecular formula is C17H18N6O3S. The second kappa shape index (κ2) is 6.95. The number of thiazole rings is 1. The van der Waals surface area contributed by atoms with Crippen molar-refractivity contribution in [3.05, 3.63) is 35.7 Å². The largest absolute Gasteiger partial charge is 0.476 e. The molecule has 3 aromatic rings. The number of likely N-dealkylation sites (tertiary alicyclic amines) is 1. The number of carboxylic acids is 1. The summed E-state index contributed by atoms with van der Waals surface area (Å²) in [5.74, 6) is -0.928. The third-order valence-electron chi connectivity index (χ3n) is 4.66. The maximum absolute atomic E-state index is 12.9. The Morgan fingerprint density at radius 2 is 2.22 bits per heavy atom. The number of nitrogens with zero attached hydrogens (tertiary/aromatic N) is 5. The van der Waals surface area contributed by atoms with Gasteiger partial charge in [0.05, 0.1) is 16.4 Å². The van der Waals surface area contributed by atoms with Crippen LogP contribution in [0.15, 0.2) is 24.4 Å². The van der Waals surface area contributed by atoms with Crippen LogP contribution in [0.4, 0.5) is 5.13 Å². The highest BCUT2D eigenvalue weighted by Crippen LogP contribution is 2.26. The monoisotopic (exact) mass is 386 g/mol. The van der Waals surface area contributed by atoms with Crippen LogP contribution in [0.1, 0.15) is 33.7 Å². The zero-order valence-electron chi connectivity index (χ0n) is 14.4. The third-order valence-corrected chi connectivity index (χ3v) is 5.53. The van der Waals surface area contributed by atoms with Gasteiger partial charge in [0, 0.05) is 25.2 Å². The van der Waals surface area contributed by atoms with Crippen LogP contribution in [0.25, 0.3) is 10.2 Å². The minimum atomic E-state index is -1.10. The normalized spacial score (nSPS) is 17.3. The SMILES string of the molecule is Nc1nc2cc(C(=O)N3CCCC(Cn4cc(C(=O)O)nn4)C3)ccc2s1. The average molecular weight is 386 g/mol. The Labute approximate surface area is 158 Å². The fraction of sp³-hybridized carbons (Fsp3) is 0.353. The number of hydrogen-bond donors (Lipinski definition) is 2. The first-order valence-corrected chi connectivity index (χ1v) is 9.40. The summed E-state index contributed by atoms with van der Waals surface area (Å²) in [5, 5.41) is 16.9. The van der Waals surface area contributed by atoms with Crippen molar-refractivity contribution in [1.29, 1.82) is 0 Å². The minimum absolute atomic E-state index is 0.0296. The van der Waals surface area contributed by atoms with Crippen LogP contribution in [0.5, 0.6) is 0 Å². The molecule has 10 heteroatoms. The summed E-state index contributed by atoms with van der Waals surface area (Å²) in [6, 6.07) is 5.47. The smallest absolute Gasteiger partial charge is 0.358 e. The summed E-state index contributed by atoms with van der Waals surface area (Å²) < 4.78 is 2.49. The lowest BCUT2D eigenvalue weighted by atomic mass is 9.97. The Morgan fingerprint density at radius 3 is 3.00 bits per heavy atom. The highest BCUT2D eigenvalue weighted by Gasteiger charge is 2.25. The number of nitrogen functional groups attached to an aromatic ring is 1. The second-order valence-corrected chi connectivity index (χ2v) is 7.69. The fourth-order valence-corrected chi connectivity index (χ4v) is 4.12. The lowest BCUT2D eigenvalue weighted by Crippen LogP contribution is -2.41. The molecule has 1 amide bonds. The number of carbonyl (C=O) groups is 2. The number of hydrogen-bond acceptors (Lipinski definition) is 7. The van der Waals surface area contributed by atoms with Crippen molar-refractivity contribution in [3.63, 3.8) is 0 Å². The molecule has 9 nitrogen and oxygen atoms in total. The molecule has 4 rings (SSSR count). The molecular weight excluding hydrogens is 368 g/mol. The van der Waals surface area contributed by atoms with E-state index in [1.807, 2.05) is 17.0 Å². The van der Waals surface area contributed by atoms with Crippen LogP contribution >= 0.6 is 11.3 Å². The Morgan fingerprint density at radius 1 is 1.37 bits per heavy atom. The molecule has 27 heavy (non-hydrogen) atoms. The molecule has 1 aromatic carbocycles. The van der Waals surface area contributed by atoms with Gasteiger partial charge in [0.15, 0.2) is 10.8 Å². The summed E-state index contributed by atoms with van der Waals surface area (Å²) in [6.07, 6.45) is 3.26. The predicted molar refractivity (Wildman–Crippen MR) is 99.6 cm³/mol. The van der Waals surface area contributed by atoms with Crippen LogP contribution in [-0.2, 0) is 6.54 Å². The summed E-state index contributed by atoms with van der Waals surface area (Å²) in [6.45, 7) is 1.83. The number of aromatic carboxylic acids is 1. The molecule has 1 saturated heterocycles. The number of aromatic nitrogens is 4. The van der Waals surface area contributed by atoms with Gasteiger partial charge in [0.2, 0.25) is 0 Å². The average Bonchev–Trinajstić information content (AvgIpc) is 3.26. The maximum Gasteiger partial charge on any atom is 0.358 e. The molecule has 1 aliphatic rings. The van der Waals surface area contributed by atoms with Crippen LogP contribution in [0, 0.1) is 5.92 Å². The zero-order valence-corrected chi connectivity index (χ0v) is 15.2. The van der Waals surface area contributed by atoms with Gasteiger partial charge in [-0.25, -0.2) is 9.78 Å². The zero-order chi connectivity index (χ0) is 19.0. The van der Waals surface area contributed by atoms with Crippen molar-refractivity contribution in [2.24, 2.45) is 5.92 Å². The van der Waals surface area contributed by atoms with Gasteiger partial charge in [-0.3, -0.25) is 9.48 Å². The minimum Gasteiger partial charge on any atom is -0.476 e. The predicted octanol–water partition coefficient (Wildman–Crippen LogP) is 1.72. The van der Waals surface area contributed by atoms with Gasteiger partial charge in [-0.15, -0.1) is 5.10 Å². The molecule has 1 fully saturated rings. The lowest BCUT2D eigenvalue weighted by Gasteiger charge is -2.32. The third kappa shape index (κ3) is 3.61. The molecule has 1 unspecified atom stereocenters. The van der Waals surface area contributed by atoms with Crippen molar-refractivity contribution in [3.8, 4) is 0 Å². The van der Waals surface area contributed by atoms with Crippen molar-refractivity contribution in [2.45, 2.75) is 19.4 Å². The molecule has 2 aromatic heterocycles. The van der Waals surface area contributed by atoms with E-state index in [0.717, 1.165) is 23.1 Å². The molecule has 3 N–H and O–H groups in total. The standard InChI is InChI=1S/C17H18N6O3S/c18-17-19-12-6-11(3-4-14(12)27-17)15(24)22-5-1-2-10(7-22)8-23-9-13(16(25)26)20-21-23/h3-4,6,9-10H,1-2,5,7-8H2,(H2,18,19)(H,25,26). The van der Waals surface area contributed by atoms with E-state index in [2.05, 4.69) is 15.3 Å². The quantitative estimate of drug-likeness (QED) is 0.699. The summed E-state index contributed by atoms with van der Waals surface area (Å²) >= 11 is 1.40. The Hall–Kier alpha value is -3.01. The number of fused-ring (bicyclic) bond motifs is 1. The molecule has 0 aliphatic carbocycles. The van der Waals surface area contributed by atoms with Gasteiger partial charge in [-0.05, 0) is 37.0 Å². The molecule has 1 aliphatic heterocycles. The van der Waals surface area contributed by atoms with Crippen molar-refractivity contribution in [2.75, 3.05) is 18.8 Å². The van der Waals surface area contributed by atoms with Crippen molar-refractivity contribution < 1.29 is 14.7 Å².